The lowest BCUT2D eigenvalue weighted by molar-refractivity contribution is 0.113. The Labute approximate surface area is 185 Å². The van der Waals surface area contributed by atoms with E-state index in [2.05, 4.69) is 32.7 Å². The molecule has 2 aliphatic heterocycles. The minimum absolute atomic E-state index is 0. The average Bonchev–Trinajstić information content (AvgIpc) is 3.18. The summed E-state index contributed by atoms with van der Waals surface area (Å²) in [4.78, 5) is 6.83. The summed E-state index contributed by atoms with van der Waals surface area (Å²) >= 11 is 6.28. The first-order valence-electron chi connectivity index (χ1n) is 9.76. The largest absolute Gasteiger partial charge is 0.376 e. The van der Waals surface area contributed by atoms with E-state index in [1.54, 1.807) is 0 Å². The SMILES string of the molecule is CN=C(NCC1CCN(Cc2ccccc2Cl)CC1)NCC1CCCO1.I. The van der Waals surface area contributed by atoms with Gasteiger partial charge < -0.3 is 15.4 Å². The number of aliphatic imine (C=N–C) groups is 1. The number of halogens is 2. The van der Waals surface area contributed by atoms with Gasteiger partial charge in [0.1, 0.15) is 0 Å². The van der Waals surface area contributed by atoms with Gasteiger partial charge in [-0.25, -0.2) is 0 Å². The highest BCUT2D eigenvalue weighted by atomic mass is 127. The first kappa shape index (κ1) is 22.7. The molecule has 0 amide bonds. The third-order valence-electron chi connectivity index (χ3n) is 5.36. The Kier molecular flexibility index (Phi) is 10.2. The maximum atomic E-state index is 6.28. The van der Waals surface area contributed by atoms with E-state index in [4.69, 9.17) is 16.3 Å². The van der Waals surface area contributed by atoms with Crippen molar-refractivity contribution in [1.29, 1.82) is 0 Å². The monoisotopic (exact) mass is 506 g/mol. The van der Waals surface area contributed by atoms with E-state index in [-0.39, 0.29) is 24.0 Å². The van der Waals surface area contributed by atoms with E-state index in [1.807, 2.05) is 19.2 Å². The van der Waals surface area contributed by atoms with Gasteiger partial charge in [0.25, 0.3) is 0 Å². The van der Waals surface area contributed by atoms with Crippen molar-refractivity contribution in [3.63, 3.8) is 0 Å². The Bertz CT molecular complexity index is 587. The molecule has 2 saturated heterocycles. The number of hydrogen-bond acceptors (Lipinski definition) is 3. The number of nitrogens with one attached hydrogen (secondary N) is 2. The lowest BCUT2D eigenvalue weighted by atomic mass is 9.96. The zero-order chi connectivity index (χ0) is 18.2. The molecule has 152 valence electrons. The second kappa shape index (κ2) is 12.1. The number of likely N-dealkylation sites (tertiary alicyclic amines) is 1. The molecule has 2 fully saturated rings. The number of rotatable bonds is 6. The summed E-state index contributed by atoms with van der Waals surface area (Å²) in [6.07, 6.45) is 5.07. The first-order valence-corrected chi connectivity index (χ1v) is 10.1. The molecule has 0 bridgehead atoms. The Morgan fingerprint density at radius 3 is 2.59 bits per heavy atom. The van der Waals surface area contributed by atoms with Gasteiger partial charge in [0.2, 0.25) is 0 Å². The van der Waals surface area contributed by atoms with E-state index < -0.39 is 0 Å². The van der Waals surface area contributed by atoms with E-state index in [0.717, 1.165) is 56.7 Å². The number of nitrogens with zero attached hydrogens (tertiary/aromatic N) is 2. The van der Waals surface area contributed by atoms with Crippen molar-refractivity contribution < 1.29 is 4.74 Å². The Morgan fingerprint density at radius 2 is 1.93 bits per heavy atom. The van der Waals surface area contributed by atoms with Crippen molar-refractivity contribution in [2.75, 3.05) is 39.8 Å². The molecule has 27 heavy (non-hydrogen) atoms. The Balaban J connectivity index is 0.00000261. The minimum Gasteiger partial charge on any atom is -0.376 e. The fourth-order valence-corrected chi connectivity index (χ4v) is 3.89. The molecule has 0 aromatic heterocycles. The summed E-state index contributed by atoms with van der Waals surface area (Å²) in [6, 6.07) is 8.15. The molecule has 2 heterocycles. The maximum absolute atomic E-state index is 6.28. The van der Waals surface area contributed by atoms with Gasteiger partial charge in [-0.1, -0.05) is 29.8 Å². The van der Waals surface area contributed by atoms with Crippen LogP contribution in [0.3, 0.4) is 0 Å². The van der Waals surface area contributed by atoms with Gasteiger partial charge in [0.15, 0.2) is 5.96 Å². The maximum Gasteiger partial charge on any atom is 0.191 e. The fourth-order valence-electron chi connectivity index (χ4n) is 3.69. The molecule has 2 aliphatic rings. The van der Waals surface area contributed by atoms with Crippen LogP contribution in [0.25, 0.3) is 0 Å². The normalized spacial score (nSPS) is 21.7. The molecule has 1 aromatic rings. The molecule has 1 aromatic carbocycles. The van der Waals surface area contributed by atoms with Crippen LogP contribution in [0, 0.1) is 5.92 Å². The first-order chi connectivity index (χ1) is 12.7. The molecule has 2 N–H and O–H groups in total. The van der Waals surface area contributed by atoms with Crippen molar-refractivity contribution in [3.8, 4) is 0 Å². The standard InChI is InChI=1S/C20H31ClN4O.HI/c1-22-20(24-14-18-6-4-12-26-18)23-13-16-8-10-25(11-9-16)15-17-5-2-3-7-19(17)21;/h2-3,5,7,16,18H,4,6,8-15H2,1H3,(H2,22,23,24);1H. The molecule has 0 saturated carbocycles. The summed E-state index contributed by atoms with van der Waals surface area (Å²) in [6.45, 7) is 5.91. The van der Waals surface area contributed by atoms with Gasteiger partial charge in [-0.15, -0.1) is 24.0 Å². The van der Waals surface area contributed by atoms with Gasteiger partial charge in [-0.3, -0.25) is 9.89 Å². The molecule has 0 spiro atoms. The van der Waals surface area contributed by atoms with Gasteiger partial charge in [0.05, 0.1) is 6.10 Å². The quantitative estimate of drug-likeness (QED) is 0.352. The third kappa shape index (κ3) is 7.40. The Morgan fingerprint density at radius 1 is 1.19 bits per heavy atom. The summed E-state index contributed by atoms with van der Waals surface area (Å²) in [5.41, 5.74) is 1.23. The summed E-state index contributed by atoms with van der Waals surface area (Å²) in [5.74, 6) is 1.58. The molecular formula is C20H32ClIN4O. The van der Waals surface area contributed by atoms with Gasteiger partial charge >= 0.3 is 0 Å². The summed E-state index contributed by atoms with van der Waals surface area (Å²) in [7, 11) is 1.83. The lowest BCUT2D eigenvalue weighted by Crippen LogP contribution is -2.44. The highest BCUT2D eigenvalue weighted by Crippen LogP contribution is 2.22. The topological polar surface area (TPSA) is 48.9 Å². The molecule has 7 heteroatoms. The second-order valence-corrected chi connectivity index (χ2v) is 7.69. The van der Waals surface area contributed by atoms with Crippen molar-refractivity contribution >= 4 is 41.5 Å². The van der Waals surface area contributed by atoms with Gasteiger partial charge in [-0.2, -0.15) is 0 Å². The minimum atomic E-state index is 0. The summed E-state index contributed by atoms with van der Waals surface area (Å²) < 4.78 is 5.65. The van der Waals surface area contributed by atoms with Crippen molar-refractivity contribution in [2.24, 2.45) is 10.9 Å². The van der Waals surface area contributed by atoms with Crippen LogP contribution in [0.4, 0.5) is 0 Å². The number of benzene rings is 1. The van der Waals surface area contributed by atoms with Crippen LogP contribution < -0.4 is 10.6 Å². The average molecular weight is 507 g/mol. The molecule has 1 atom stereocenters. The van der Waals surface area contributed by atoms with Crippen LogP contribution >= 0.6 is 35.6 Å². The number of piperidine rings is 1. The van der Waals surface area contributed by atoms with Crippen LogP contribution in [0.2, 0.25) is 5.02 Å². The highest BCUT2D eigenvalue weighted by molar-refractivity contribution is 14.0. The van der Waals surface area contributed by atoms with Crippen LogP contribution in [0.15, 0.2) is 29.3 Å². The van der Waals surface area contributed by atoms with Crippen molar-refractivity contribution in [1.82, 2.24) is 15.5 Å². The van der Waals surface area contributed by atoms with Gasteiger partial charge in [0, 0.05) is 38.3 Å². The predicted octanol–water partition coefficient (Wildman–Crippen LogP) is 3.51. The zero-order valence-electron chi connectivity index (χ0n) is 16.1. The Hall–Kier alpha value is -0.570. The molecule has 1 unspecified atom stereocenters. The van der Waals surface area contributed by atoms with Crippen molar-refractivity contribution in [3.05, 3.63) is 34.9 Å². The zero-order valence-corrected chi connectivity index (χ0v) is 19.2. The van der Waals surface area contributed by atoms with E-state index >= 15 is 0 Å². The molecule has 5 nitrogen and oxygen atoms in total. The highest BCUT2D eigenvalue weighted by Gasteiger charge is 2.20. The van der Waals surface area contributed by atoms with Crippen LogP contribution in [-0.2, 0) is 11.3 Å². The predicted molar refractivity (Wildman–Crippen MR) is 123 cm³/mol. The number of hydrogen-bond donors (Lipinski definition) is 2. The van der Waals surface area contributed by atoms with E-state index in [1.165, 1.54) is 24.8 Å². The number of ether oxygens (including phenoxy) is 1. The third-order valence-corrected chi connectivity index (χ3v) is 5.73. The fraction of sp³-hybridized carbons (Fsp3) is 0.650. The summed E-state index contributed by atoms with van der Waals surface area (Å²) in [5, 5.41) is 7.74. The molecule has 0 aliphatic carbocycles. The van der Waals surface area contributed by atoms with Crippen LogP contribution in [-0.4, -0.2) is 56.8 Å². The molecule has 0 radical (unpaired) electrons. The van der Waals surface area contributed by atoms with Crippen LogP contribution in [0.5, 0.6) is 0 Å². The van der Waals surface area contributed by atoms with E-state index in [0.29, 0.717) is 12.0 Å². The number of guanidine groups is 1. The second-order valence-electron chi connectivity index (χ2n) is 7.28. The lowest BCUT2D eigenvalue weighted by Gasteiger charge is -2.32. The van der Waals surface area contributed by atoms with E-state index in [9.17, 15) is 0 Å². The molecular weight excluding hydrogens is 475 g/mol. The van der Waals surface area contributed by atoms with Crippen molar-refractivity contribution in [2.45, 2.75) is 38.3 Å². The molecule has 3 rings (SSSR count). The smallest absolute Gasteiger partial charge is 0.191 e. The van der Waals surface area contributed by atoms with Gasteiger partial charge in [-0.05, 0) is 56.3 Å². The van der Waals surface area contributed by atoms with Crippen LogP contribution in [0.1, 0.15) is 31.2 Å².